The Morgan fingerprint density at radius 1 is 1.03 bits per heavy atom. The number of amides is 1. The Hall–Kier alpha value is -3.32. The van der Waals surface area contributed by atoms with E-state index in [4.69, 9.17) is 9.47 Å². The molecule has 1 unspecified atom stereocenters. The molecule has 1 amide bonds. The summed E-state index contributed by atoms with van der Waals surface area (Å²) in [5.41, 5.74) is 2.14. The molecule has 1 atom stereocenters. The fourth-order valence-electron chi connectivity index (χ4n) is 4.14. The molecule has 0 spiro atoms. The number of carbonyl (C=O) groups excluding carboxylic acids is 2. The van der Waals surface area contributed by atoms with Gasteiger partial charge in [0, 0.05) is 24.2 Å². The number of likely N-dealkylation sites (N-methyl/N-ethyl adjacent to an activating group) is 1. The first kappa shape index (κ1) is 26.9. The quantitative estimate of drug-likeness (QED) is 0.334. The highest BCUT2D eigenvalue weighted by Crippen LogP contribution is 2.43. The van der Waals surface area contributed by atoms with Crippen LogP contribution in [-0.4, -0.2) is 67.0 Å². The first-order valence-corrected chi connectivity index (χ1v) is 11.2. The molecule has 1 fully saturated rings. The zero-order valence-electron chi connectivity index (χ0n) is 19.9. The Morgan fingerprint density at radius 2 is 1.68 bits per heavy atom. The lowest BCUT2D eigenvalue weighted by molar-refractivity contribution is -0.140. The van der Waals surface area contributed by atoms with Crippen molar-refractivity contribution in [2.24, 2.45) is 0 Å². The van der Waals surface area contributed by atoms with Gasteiger partial charge in [0.15, 0.2) is 0 Å². The molecule has 34 heavy (non-hydrogen) atoms. The van der Waals surface area contributed by atoms with Crippen LogP contribution >= 0.6 is 0 Å². The molecule has 0 radical (unpaired) electrons. The molecule has 184 valence electrons. The van der Waals surface area contributed by atoms with Crippen molar-refractivity contribution in [1.82, 2.24) is 9.80 Å². The predicted octanol–water partition coefficient (Wildman–Crippen LogP) is 4.41. The molecule has 2 aromatic rings. The summed E-state index contributed by atoms with van der Waals surface area (Å²) in [4.78, 5) is 30.1. The number of hydrogen-bond acceptors (Lipinski definition) is 6. The molecule has 0 saturated carbocycles. The SMILES string of the molecule is C.CCN(CC)CCN1C(=O)C(=O)C(=C(O)c2ccc(C)cc2)C1c1cc(OC)ccc1OC. The average Bonchev–Trinajstić information content (AvgIpc) is 3.09. The van der Waals surface area contributed by atoms with Crippen molar-refractivity contribution in [1.29, 1.82) is 0 Å². The number of benzene rings is 2. The summed E-state index contributed by atoms with van der Waals surface area (Å²) in [6.45, 7) is 8.65. The third-order valence-corrected chi connectivity index (χ3v) is 6.15. The van der Waals surface area contributed by atoms with Crippen molar-refractivity contribution in [2.75, 3.05) is 40.4 Å². The maximum absolute atomic E-state index is 13.2. The molecule has 1 N–H and O–H groups in total. The number of Topliss-reactive ketones (excluding diaryl/α,β-unsaturated/α-hetero) is 1. The van der Waals surface area contributed by atoms with Crippen molar-refractivity contribution in [3.8, 4) is 11.5 Å². The van der Waals surface area contributed by atoms with Crippen LogP contribution in [-0.2, 0) is 9.59 Å². The summed E-state index contributed by atoms with van der Waals surface area (Å²) >= 11 is 0. The minimum Gasteiger partial charge on any atom is -0.507 e. The summed E-state index contributed by atoms with van der Waals surface area (Å²) in [5.74, 6) is -0.470. The van der Waals surface area contributed by atoms with Gasteiger partial charge in [-0.05, 0) is 38.2 Å². The third-order valence-electron chi connectivity index (χ3n) is 6.15. The standard InChI is InChI=1S/C26H32N2O5.CH4/c1-6-27(7-2)14-15-28-23(20-16-19(32-4)12-13-21(20)33-5)22(25(30)26(28)31)24(29)18-10-8-17(3)9-11-18;/h8-13,16,23,29H,6-7,14-15H2,1-5H3;1H4. The van der Waals surface area contributed by atoms with Crippen LogP contribution in [0.1, 0.15) is 44.0 Å². The van der Waals surface area contributed by atoms with Crippen molar-refractivity contribution >= 4 is 17.4 Å². The molecular formula is C27H36N2O5. The van der Waals surface area contributed by atoms with Crippen LogP contribution in [0.5, 0.6) is 11.5 Å². The second-order valence-electron chi connectivity index (χ2n) is 7.99. The van der Waals surface area contributed by atoms with Gasteiger partial charge < -0.3 is 24.4 Å². The topological polar surface area (TPSA) is 79.3 Å². The van der Waals surface area contributed by atoms with E-state index in [0.29, 0.717) is 35.7 Å². The Labute approximate surface area is 202 Å². The number of rotatable bonds is 9. The van der Waals surface area contributed by atoms with Crippen LogP contribution in [0.15, 0.2) is 48.0 Å². The van der Waals surface area contributed by atoms with Gasteiger partial charge in [-0.15, -0.1) is 0 Å². The number of methoxy groups -OCH3 is 2. The monoisotopic (exact) mass is 468 g/mol. The van der Waals surface area contributed by atoms with Crippen molar-refractivity contribution in [3.63, 3.8) is 0 Å². The van der Waals surface area contributed by atoms with E-state index in [9.17, 15) is 14.7 Å². The highest BCUT2D eigenvalue weighted by Gasteiger charge is 2.47. The van der Waals surface area contributed by atoms with Gasteiger partial charge in [-0.2, -0.15) is 0 Å². The zero-order valence-corrected chi connectivity index (χ0v) is 19.9. The second-order valence-corrected chi connectivity index (χ2v) is 7.99. The minimum atomic E-state index is -0.799. The van der Waals surface area contributed by atoms with Gasteiger partial charge in [-0.3, -0.25) is 9.59 Å². The molecular weight excluding hydrogens is 432 g/mol. The second kappa shape index (κ2) is 11.7. The van der Waals surface area contributed by atoms with Crippen molar-refractivity contribution in [2.45, 2.75) is 34.2 Å². The lowest BCUT2D eigenvalue weighted by atomic mass is 9.94. The van der Waals surface area contributed by atoms with E-state index in [1.165, 1.54) is 12.0 Å². The Bertz CT molecular complexity index is 1040. The highest BCUT2D eigenvalue weighted by atomic mass is 16.5. The molecule has 1 saturated heterocycles. The fraction of sp³-hybridized carbons (Fsp3) is 0.407. The molecule has 7 heteroatoms. The molecule has 1 aliphatic heterocycles. The third kappa shape index (κ3) is 5.25. The number of nitrogens with zero attached hydrogens (tertiary/aromatic N) is 2. The van der Waals surface area contributed by atoms with E-state index in [2.05, 4.69) is 18.7 Å². The summed E-state index contributed by atoms with van der Waals surface area (Å²) in [7, 11) is 3.09. The Kier molecular flexibility index (Phi) is 9.27. The van der Waals surface area contributed by atoms with E-state index in [0.717, 1.165) is 18.7 Å². The normalized spacial score (nSPS) is 17.1. The van der Waals surface area contributed by atoms with Gasteiger partial charge >= 0.3 is 0 Å². The van der Waals surface area contributed by atoms with E-state index in [1.807, 2.05) is 19.1 Å². The van der Waals surface area contributed by atoms with Gasteiger partial charge in [-0.1, -0.05) is 51.1 Å². The molecule has 1 heterocycles. The molecule has 0 aliphatic carbocycles. The lowest BCUT2D eigenvalue weighted by Gasteiger charge is -2.29. The van der Waals surface area contributed by atoms with Gasteiger partial charge in [0.25, 0.3) is 11.7 Å². The molecule has 0 bridgehead atoms. The van der Waals surface area contributed by atoms with Gasteiger partial charge in [0.05, 0.1) is 25.8 Å². The van der Waals surface area contributed by atoms with Crippen LogP contribution in [0.3, 0.4) is 0 Å². The van der Waals surface area contributed by atoms with E-state index < -0.39 is 17.7 Å². The molecule has 2 aromatic carbocycles. The number of aliphatic hydroxyl groups is 1. The maximum Gasteiger partial charge on any atom is 0.295 e. The first-order valence-electron chi connectivity index (χ1n) is 11.2. The van der Waals surface area contributed by atoms with E-state index in [-0.39, 0.29) is 18.8 Å². The van der Waals surface area contributed by atoms with Crippen LogP contribution in [0, 0.1) is 6.92 Å². The van der Waals surface area contributed by atoms with E-state index >= 15 is 0 Å². The summed E-state index contributed by atoms with van der Waals surface area (Å²) in [6.07, 6.45) is 0. The van der Waals surface area contributed by atoms with Crippen LogP contribution in [0.2, 0.25) is 0 Å². The largest absolute Gasteiger partial charge is 0.507 e. The smallest absolute Gasteiger partial charge is 0.295 e. The number of ether oxygens (including phenoxy) is 2. The van der Waals surface area contributed by atoms with Gasteiger partial charge in [0.2, 0.25) is 0 Å². The average molecular weight is 469 g/mol. The number of ketones is 1. The summed E-state index contributed by atoms with van der Waals surface area (Å²) in [6, 6.07) is 11.6. The van der Waals surface area contributed by atoms with Crippen LogP contribution in [0.25, 0.3) is 5.76 Å². The van der Waals surface area contributed by atoms with Crippen LogP contribution in [0.4, 0.5) is 0 Å². The first-order chi connectivity index (χ1) is 15.9. The van der Waals surface area contributed by atoms with Crippen LogP contribution < -0.4 is 9.47 Å². The highest BCUT2D eigenvalue weighted by molar-refractivity contribution is 6.46. The van der Waals surface area contributed by atoms with Crippen molar-refractivity contribution in [3.05, 3.63) is 64.7 Å². The van der Waals surface area contributed by atoms with E-state index in [1.54, 1.807) is 37.4 Å². The fourth-order valence-corrected chi connectivity index (χ4v) is 4.14. The number of hydrogen-bond donors (Lipinski definition) is 1. The molecule has 7 nitrogen and oxygen atoms in total. The predicted molar refractivity (Wildman–Crippen MR) is 134 cm³/mol. The maximum atomic E-state index is 13.2. The number of aryl methyl sites for hydroxylation is 1. The lowest BCUT2D eigenvalue weighted by Crippen LogP contribution is -2.38. The Balaban J connectivity index is 0.00000408. The molecule has 0 aromatic heterocycles. The number of aliphatic hydroxyl groups excluding tert-OH is 1. The number of likely N-dealkylation sites (tertiary alicyclic amines) is 1. The molecule has 1 aliphatic rings. The summed E-state index contributed by atoms with van der Waals surface area (Å²) < 4.78 is 11.0. The summed E-state index contributed by atoms with van der Waals surface area (Å²) in [5, 5.41) is 11.2. The minimum absolute atomic E-state index is 0. The molecule has 3 rings (SSSR count). The Morgan fingerprint density at radius 3 is 2.24 bits per heavy atom. The van der Waals surface area contributed by atoms with Gasteiger partial charge in [0.1, 0.15) is 17.3 Å². The van der Waals surface area contributed by atoms with Crippen molar-refractivity contribution < 1.29 is 24.2 Å². The van der Waals surface area contributed by atoms with Gasteiger partial charge in [-0.25, -0.2) is 0 Å². The zero-order chi connectivity index (χ0) is 24.1. The number of carbonyl (C=O) groups is 2.